The molecule has 0 unspecified atom stereocenters. The molecule has 4 nitrogen and oxygen atoms in total. The molecule has 1 aliphatic carbocycles. The van der Waals surface area contributed by atoms with Gasteiger partial charge in [0.05, 0.1) is 11.4 Å². The van der Waals surface area contributed by atoms with Gasteiger partial charge in [0.15, 0.2) is 0 Å². The molecule has 4 heteroatoms. The highest BCUT2D eigenvalue weighted by molar-refractivity contribution is 5.92. The molecule has 110 valence electrons. The van der Waals surface area contributed by atoms with E-state index in [1.54, 1.807) is 0 Å². The van der Waals surface area contributed by atoms with Crippen LogP contribution in [-0.2, 0) is 4.79 Å². The summed E-state index contributed by atoms with van der Waals surface area (Å²) in [5, 5.41) is 7.54. The van der Waals surface area contributed by atoms with Crippen molar-refractivity contribution in [3.05, 3.63) is 41.6 Å². The number of anilines is 1. The Morgan fingerprint density at radius 3 is 2.52 bits per heavy atom. The molecule has 21 heavy (non-hydrogen) atoms. The second kappa shape index (κ2) is 5.72. The van der Waals surface area contributed by atoms with Gasteiger partial charge in [-0.2, -0.15) is 5.10 Å². The van der Waals surface area contributed by atoms with E-state index in [9.17, 15) is 4.79 Å². The van der Waals surface area contributed by atoms with Crippen molar-refractivity contribution in [1.29, 1.82) is 0 Å². The van der Waals surface area contributed by atoms with Crippen LogP contribution in [0.1, 0.15) is 36.9 Å². The average Bonchev–Trinajstić information content (AvgIpc) is 3.09. The fraction of sp³-hybridized carbons (Fsp3) is 0.412. The molecule has 1 aliphatic rings. The Kier molecular flexibility index (Phi) is 3.78. The zero-order valence-corrected chi connectivity index (χ0v) is 12.6. The number of nitrogens with one attached hydrogen (secondary N) is 1. The van der Waals surface area contributed by atoms with Gasteiger partial charge in [-0.1, -0.05) is 30.5 Å². The van der Waals surface area contributed by atoms with Crippen LogP contribution in [0.25, 0.3) is 5.69 Å². The van der Waals surface area contributed by atoms with Gasteiger partial charge in [0.1, 0.15) is 5.82 Å². The Bertz CT molecular complexity index is 637. The smallest absolute Gasteiger partial charge is 0.228 e. The Morgan fingerprint density at radius 1 is 1.19 bits per heavy atom. The van der Waals surface area contributed by atoms with Crippen molar-refractivity contribution in [3.63, 3.8) is 0 Å². The molecule has 0 spiro atoms. The van der Waals surface area contributed by atoms with Gasteiger partial charge in [0.25, 0.3) is 0 Å². The maximum Gasteiger partial charge on any atom is 0.228 e. The summed E-state index contributed by atoms with van der Waals surface area (Å²) in [5.74, 6) is 1.04. The minimum absolute atomic E-state index is 0.126. The summed E-state index contributed by atoms with van der Waals surface area (Å²) in [6.07, 6.45) is 4.33. The third-order valence-electron chi connectivity index (χ3n) is 4.09. The number of aryl methyl sites for hydroxylation is 2. The lowest BCUT2D eigenvalue weighted by Crippen LogP contribution is -2.22. The van der Waals surface area contributed by atoms with Crippen molar-refractivity contribution in [2.24, 2.45) is 5.92 Å². The van der Waals surface area contributed by atoms with E-state index >= 15 is 0 Å². The third-order valence-corrected chi connectivity index (χ3v) is 4.09. The molecule has 1 N–H and O–H groups in total. The first-order valence-electron chi connectivity index (χ1n) is 7.58. The van der Waals surface area contributed by atoms with Crippen LogP contribution in [0.15, 0.2) is 30.3 Å². The molecule has 1 fully saturated rings. The van der Waals surface area contributed by atoms with Crippen LogP contribution in [0.2, 0.25) is 0 Å². The van der Waals surface area contributed by atoms with Crippen molar-refractivity contribution in [2.75, 3.05) is 5.32 Å². The van der Waals surface area contributed by atoms with Crippen LogP contribution in [0.3, 0.4) is 0 Å². The normalized spacial score (nSPS) is 15.3. The molecule has 1 aromatic carbocycles. The van der Waals surface area contributed by atoms with E-state index in [1.165, 1.54) is 5.56 Å². The number of nitrogens with zero attached hydrogens (tertiary/aromatic N) is 2. The maximum atomic E-state index is 12.3. The molecule has 1 saturated carbocycles. The van der Waals surface area contributed by atoms with Crippen LogP contribution in [0, 0.1) is 19.8 Å². The van der Waals surface area contributed by atoms with E-state index < -0.39 is 0 Å². The molecule has 0 bridgehead atoms. The van der Waals surface area contributed by atoms with E-state index in [0.717, 1.165) is 42.9 Å². The van der Waals surface area contributed by atoms with E-state index in [4.69, 9.17) is 0 Å². The Hall–Kier alpha value is -2.10. The summed E-state index contributed by atoms with van der Waals surface area (Å²) in [6.45, 7) is 4.00. The predicted molar refractivity (Wildman–Crippen MR) is 83.6 cm³/mol. The fourth-order valence-corrected chi connectivity index (χ4v) is 2.89. The van der Waals surface area contributed by atoms with Gasteiger partial charge < -0.3 is 5.32 Å². The number of carbonyl (C=O) groups excluding carboxylic acids is 1. The molecule has 1 aromatic heterocycles. The molecule has 0 radical (unpaired) electrons. The topological polar surface area (TPSA) is 46.9 Å². The van der Waals surface area contributed by atoms with Crippen LogP contribution < -0.4 is 5.32 Å². The number of aromatic nitrogens is 2. The average molecular weight is 283 g/mol. The maximum absolute atomic E-state index is 12.3. The van der Waals surface area contributed by atoms with E-state index in [2.05, 4.69) is 29.5 Å². The monoisotopic (exact) mass is 283 g/mol. The molecule has 3 rings (SSSR count). The number of carbonyl (C=O) groups is 1. The first-order chi connectivity index (χ1) is 10.1. The number of amides is 1. The van der Waals surface area contributed by atoms with Gasteiger partial charge in [-0.15, -0.1) is 0 Å². The first kappa shape index (κ1) is 13.9. The molecule has 1 amide bonds. The van der Waals surface area contributed by atoms with Crippen molar-refractivity contribution < 1.29 is 4.79 Å². The van der Waals surface area contributed by atoms with Gasteiger partial charge in [-0.05, 0) is 38.8 Å². The van der Waals surface area contributed by atoms with Crippen LogP contribution in [-0.4, -0.2) is 15.7 Å². The molecule has 0 saturated heterocycles. The molecule has 2 aromatic rings. The van der Waals surface area contributed by atoms with E-state index in [-0.39, 0.29) is 11.8 Å². The van der Waals surface area contributed by atoms with Gasteiger partial charge >= 0.3 is 0 Å². The van der Waals surface area contributed by atoms with E-state index in [1.807, 2.05) is 29.8 Å². The molecule has 0 atom stereocenters. The Balaban J connectivity index is 1.85. The van der Waals surface area contributed by atoms with Gasteiger partial charge in [0.2, 0.25) is 5.91 Å². The predicted octanol–water partition coefficient (Wildman–Crippen LogP) is 3.62. The number of benzene rings is 1. The quantitative estimate of drug-likeness (QED) is 0.935. The molecule has 1 heterocycles. The Labute approximate surface area is 125 Å². The van der Waals surface area contributed by atoms with E-state index in [0.29, 0.717) is 0 Å². The number of hydrogen-bond donors (Lipinski definition) is 1. The van der Waals surface area contributed by atoms with Gasteiger partial charge in [-0.3, -0.25) is 4.79 Å². The molecule has 0 aliphatic heterocycles. The highest BCUT2D eigenvalue weighted by Crippen LogP contribution is 2.26. The minimum atomic E-state index is 0.126. The zero-order valence-electron chi connectivity index (χ0n) is 12.6. The van der Waals surface area contributed by atoms with Crippen LogP contribution >= 0.6 is 0 Å². The lowest BCUT2D eigenvalue weighted by atomic mass is 10.1. The minimum Gasteiger partial charge on any atom is -0.310 e. The van der Waals surface area contributed by atoms with Crippen molar-refractivity contribution >= 4 is 11.7 Å². The third kappa shape index (κ3) is 2.99. The van der Waals surface area contributed by atoms with Crippen molar-refractivity contribution in [3.8, 4) is 5.69 Å². The van der Waals surface area contributed by atoms with Crippen molar-refractivity contribution in [2.45, 2.75) is 39.5 Å². The number of rotatable bonds is 3. The second-order valence-electron chi connectivity index (χ2n) is 5.89. The van der Waals surface area contributed by atoms with Crippen molar-refractivity contribution in [1.82, 2.24) is 9.78 Å². The summed E-state index contributed by atoms with van der Waals surface area (Å²) < 4.78 is 1.81. The molecular formula is C17H21N3O. The summed E-state index contributed by atoms with van der Waals surface area (Å²) >= 11 is 0. The number of hydrogen-bond acceptors (Lipinski definition) is 2. The summed E-state index contributed by atoms with van der Waals surface area (Å²) in [4.78, 5) is 12.3. The lowest BCUT2D eigenvalue weighted by molar-refractivity contribution is -0.119. The first-order valence-corrected chi connectivity index (χ1v) is 7.58. The van der Waals surface area contributed by atoms with Crippen LogP contribution in [0.5, 0.6) is 0 Å². The molecular weight excluding hydrogens is 262 g/mol. The fourth-order valence-electron chi connectivity index (χ4n) is 2.89. The largest absolute Gasteiger partial charge is 0.310 e. The summed E-state index contributed by atoms with van der Waals surface area (Å²) in [6, 6.07) is 10.1. The second-order valence-corrected chi connectivity index (χ2v) is 5.89. The summed E-state index contributed by atoms with van der Waals surface area (Å²) in [7, 11) is 0. The summed E-state index contributed by atoms with van der Waals surface area (Å²) in [5.41, 5.74) is 3.08. The Morgan fingerprint density at radius 2 is 1.86 bits per heavy atom. The lowest BCUT2D eigenvalue weighted by Gasteiger charge is -2.12. The highest BCUT2D eigenvalue weighted by Gasteiger charge is 2.23. The SMILES string of the molecule is Cc1ccc(-n2nc(C)cc2NC(=O)C2CCCC2)cc1. The standard InChI is InChI=1S/C17H21N3O/c1-12-7-9-15(10-8-12)20-16(11-13(2)19-20)18-17(21)14-5-3-4-6-14/h7-11,14H,3-6H2,1-2H3,(H,18,21). The highest BCUT2D eigenvalue weighted by atomic mass is 16.2. The van der Waals surface area contributed by atoms with Gasteiger partial charge in [-0.25, -0.2) is 4.68 Å². The van der Waals surface area contributed by atoms with Gasteiger partial charge in [0, 0.05) is 12.0 Å². The zero-order chi connectivity index (χ0) is 14.8. The van der Waals surface area contributed by atoms with Crippen LogP contribution in [0.4, 0.5) is 5.82 Å².